The Hall–Kier alpha value is -2.84. The summed E-state index contributed by atoms with van der Waals surface area (Å²) >= 11 is 0. The highest BCUT2D eigenvalue weighted by Gasteiger charge is 2.49. The van der Waals surface area contributed by atoms with E-state index in [4.69, 9.17) is 0 Å². The molecular formula is C30H39N5O3. The monoisotopic (exact) mass is 517 g/mol. The summed E-state index contributed by atoms with van der Waals surface area (Å²) in [6, 6.07) is 10.7. The van der Waals surface area contributed by atoms with Gasteiger partial charge in [0.25, 0.3) is 5.91 Å². The zero-order valence-electron chi connectivity index (χ0n) is 22.6. The third-order valence-corrected chi connectivity index (χ3v) is 9.63. The van der Waals surface area contributed by atoms with Gasteiger partial charge in [0.1, 0.15) is 6.33 Å². The average Bonchev–Trinajstić information content (AvgIpc) is 3.58. The molecular weight excluding hydrogens is 478 g/mol. The van der Waals surface area contributed by atoms with Crippen LogP contribution in [0.3, 0.4) is 0 Å². The van der Waals surface area contributed by atoms with E-state index < -0.39 is 0 Å². The molecule has 4 atom stereocenters. The largest absolute Gasteiger partial charge is 0.393 e. The number of amides is 2. The predicted molar refractivity (Wildman–Crippen MR) is 143 cm³/mol. The van der Waals surface area contributed by atoms with Crippen LogP contribution < -0.4 is 0 Å². The van der Waals surface area contributed by atoms with Crippen molar-refractivity contribution >= 4 is 11.8 Å². The van der Waals surface area contributed by atoms with E-state index in [2.05, 4.69) is 45.2 Å². The summed E-state index contributed by atoms with van der Waals surface area (Å²) in [5.41, 5.74) is 3.48. The van der Waals surface area contributed by atoms with Gasteiger partial charge in [-0.05, 0) is 63.5 Å². The van der Waals surface area contributed by atoms with E-state index in [1.54, 1.807) is 0 Å². The fourth-order valence-corrected chi connectivity index (χ4v) is 7.43. The number of benzene rings is 1. The Bertz CT molecular complexity index is 1160. The lowest BCUT2D eigenvalue weighted by Crippen LogP contribution is -2.63. The van der Waals surface area contributed by atoms with Crippen LogP contribution in [-0.2, 0) is 10.2 Å². The van der Waals surface area contributed by atoms with Gasteiger partial charge in [-0.25, -0.2) is 9.97 Å². The quantitative estimate of drug-likeness (QED) is 0.633. The van der Waals surface area contributed by atoms with E-state index in [9.17, 15) is 14.7 Å². The molecule has 3 aliphatic heterocycles. The van der Waals surface area contributed by atoms with E-state index in [0.717, 1.165) is 76.5 Å². The minimum absolute atomic E-state index is 0.00377. The Morgan fingerprint density at radius 2 is 1.61 bits per heavy atom. The lowest BCUT2D eigenvalue weighted by Gasteiger charge is -2.52. The number of carbonyl (C=O) groups excluding carboxylic acids is 2. The van der Waals surface area contributed by atoms with Crippen molar-refractivity contribution in [2.24, 2.45) is 17.8 Å². The molecule has 1 saturated carbocycles. The highest BCUT2D eigenvalue weighted by atomic mass is 16.3. The Morgan fingerprint density at radius 3 is 2.21 bits per heavy atom. The number of aryl methyl sites for hydroxylation is 2. The van der Waals surface area contributed by atoms with Crippen molar-refractivity contribution in [1.29, 1.82) is 0 Å². The van der Waals surface area contributed by atoms with Gasteiger partial charge in [-0.3, -0.25) is 9.59 Å². The molecule has 2 amide bonds. The second-order valence-corrected chi connectivity index (χ2v) is 12.2. The van der Waals surface area contributed by atoms with Crippen LogP contribution in [0.5, 0.6) is 0 Å². The molecule has 4 fully saturated rings. The van der Waals surface area contributed by atoms with Gasteiger partial charge in [-0.2, -0.15) is 0 Å². The van der Waals surface area contributed by atoms with Crippen molar-refractivity contribution in [2.75, 3.05) is 45.8 Å². The van der Waals surface area contributed by atoms with Crippen LogP contribution in [0.15, 0.2) is 36.7 Å². The standard InChI is InChI=1S/C30H39N5O3/c1-20-27(21(2)32-19-31-20)29(38)34-15-23-13-33(14-24(23)16-34)11-10-30(25-6-4-3-5-7-25)17-35(18-30)28(37)22-8-9-26(36)12-22/h3-7,19,22-24,26,36H,8-18H2,1-2H3. The summed E-state index contributed by atoms with van der Waals surface area (Å²) < 4.78 is 0. The van der Waals surface area contributed by atoms with E-state index in [0.29, 0.717) is 23.8 Å². The first-order chi connectivity index (χ1) is 18.3. The van der Waals surface area contributed by atoms with Crippen molar-refractivity contribution in [3.63, 3.8) is 0 Å². The fraction of sp³-hybridized carbons (Fsp3) is 0.600. The Balaban J connectivity index is 1.06. The number of aliphatic hydroxyl groups excluding tert-OH is 1. The Labute approximate surface area is 225 Å². The summed E-state index contributed by atoms with van der Waals surface area (Å²) in [6.45, 7) is 9.94. The van der Waals surface area contributed by atoms with Crippen molar-refractivity contribution in [1.82, 2.24) is 24.7 Å². The van der Waals surface area contributed by atoms with Crippen LogP contribution in [0, 0.1) is 31.6 Å². The molecule has 8 nitrogen and oxygen atoms in total. The molecule has 0 radical (unpaired) electrons. The molecule has 6 rings (SSSR count). The normalized spacial score (nSPS) is 28.4. The van der Waals surface area contributed by atoms with Crippen molar-refractivity contribution in [3.8, 4) is 0 Å². The number of likely N-dealkylation sites (tertiary alicyclic amines) is 3. The Morgan fingerprint density at radius 1 is 0.947 bits per heavy atom. The van der Waals surface area contributed by atoms with E-state index in [1.165, 1.54) is 11.9 Å². The second-order valence-electron chi connectivity index (χ2n) is 12.2. The predicted octanol–water partition coefficient (Wildman–Crippen LogP) is 2.43. The highest BCUT2D eigenvalue weighted by molar-refractivity contribution is 5.96. The molecule has 4 unspecified atom stereocenters. The first-order valence-electron chi connectivity index (χ1n) is 14.2. The first kappa shape index (κ1) is 25.4. The summed E-state index contributed by atoms with van der Waals surface area (Å²) in [4.78, 5) is 41.4. The maximum absolute atomic E-state index is 13.2. The zero-order chi connectivity index (χ0) is 26.4. The third kappa shape index (κ3) is 4.62. The first-order valence-corrected chi connectivity index (χ1v) is 14.2. The smallest absolute Gasteiger partial charge is 0.257 e. The zero-order valence-corrected chi connectivity index (χ0v) is 22.6. The van der Waals surface area contributed by atoms with Crippen LogP contribution >= 0.6 is 0 Å². The van der Waals surface area contributed by atoms with Crippen molar-refractivity contribution in [3.05, 3.63) is 59.2 Å². The van der Waals surface area contributed by atoms with E-state index in [1.807, 2.05) is 23.6 Å². The molecule has 38 heavy (non-hydrogen) atoms. The maximum Gasteiger partial charge on any atom is 0.257 e. The van der Waals surface area contributed by atoms with Gasteiger partial charge in [0.2, 0.25) is 5.91 Å². The molecule has 4 aliphatic rings. The summed E-state index contributed by atoms with van der Waals surface area (Å²) in [5, 5.41) is 9.90. The summed E-state index contributed by atoms with van der Waals surface area (Å²) in [5.74, 6) is 1.29. The highest BCUT2D eigenvalue weighted by Crippen LogP contribution is 2.41. The minimum Gasteiger partial charge on any atom is -0.393 e. The van der Waals surface area contributed by atoms with Crippen molar-refractivity contribution < 1.29 is 14.7 Å². The molecule has 8 heteroatoms. The van der Waals surface area contributed by atoms with Gasteiger partial charge in [-0.15, -0.1) is 0 Å². The maximum atomic E-state index is 13.2. The van der Waals surface area contributed by atoms with Crippen LogP contribution in [-0.4, -0.2) is 93.5 Å². The minimum atomic E-state index is -0.320. The van der Waals surface area contributed by atoms with Crippen LogP contribution in [0.4, 0.5) is 0 Å². The number of carbonyl (C=O) groups is 2. The lowest BCUT2D eigenvalue weighted by atomic mass is 9.70. The number of aliphatic hydroxyl groups is 1. The second kappa shape index (κ2) is 10.0. The number of nitrogens with zero attached hydrogens (tertiary/aromatic N) is 5. The third-order valence-electron chi connectivity index (χ3n) is 9.63. The van der Waals surface area contributed by atoms with Gasteiger partial charge < -0.3 is 19.8 Å². The number of rotatable bonds is 6. The van der Waals surface area contributed by atoms with E-state index >= 15 is 0 Å². The summed E-state index contributed by atoms with van der Waals surface area (Å²) in [7, 11) is 0. The van der Waals surface area contributed by atoms with Gasteiger partial charge in [-0.1, -0.05) is 30.3 Å². The topological polar surface area (TPSA) is 89.9 Å². The molecule has 2 aromatic rings. The van der Waals surface area contributed by atoms with E-state index in [-0.39, 0.29) is 29.3 Å². The molecule has 1 aliphatic carbocycles. The SMILES string of the molecule is Cc1ncnc(C)c1C(=O)N1CC2CN(CCC3(c4ccccc4)CN(C(=O)C4CCC(O)C4)C3)CC2C1. The van der Waals surface area contributed by atoms with Crippen LogP contribution in [0.25, 0.3) is 0 Å². The molecule has 4 heterocycles. The molecule has 0 spiro atoms. The number of hydrogen-bond acceptors (Lipinski definition) is 6. The van der Waals surface area contributed by atoms with Gasteiger partial charge in [0, 0.05) is 50.6 Å². The average molecular weight is 518 g/mol. The van der Waals surface area contributed by atoms with Gasteiger partial charge in [0.05, 0.1) is 23.1 Å². The van der Waals surface area contributed by atoms with Crippen LogP contribution in [0.2, 0.25) is 0 Å². The van der Waals surface area contributed by atoms with Crippen LogP contribution in [0.1, 0.15) is 53.0 Å². The van der Waals surface area contributed by atoms with Crippen molar-refractivity contribution in [2.45, 2.75) is 51.0 Å². The number of hydrogen-bond donors (Lipinski definition) is 1. The molecule has 1 aromatic heterocycles. The number of aromatic nitrogens is 2. The van der Waals surface area contributed by atoms with Gasteiger partial charge >= 0.3 is 0 Å². The number of fused-ring (bicyclic) bond motifs is 1. The molecule has 3 saturated heterocycles. The molecule has 1 N–H and O–H groups in total. The Kier molecular flexibility index (Phi) is 6.72. The summed E-state index contributed by atoms with van der Waals surface area (Å²) in [6.07, 6.45) is 4.39. The molecule has 1 aromatic carbocycles. The lowest BCUT2D eigenvalue weighted by molar-refractivity contribution is -0.144. The molecule has 202 valence electrons. The molecule has 0 bridgehead atoms. The fourth-order valence-electron chi connectivity index (χ4n) is 7.43. The van der Waals surface area contributed by atoms with Gasteiger partial charge in [0.15, 0.2) is 0 Å².